The van der Waals surface area contributed by atoms with E-state index < -0.39 is 0 Å². The number of tetrazole rings is 1. The maximum Gasteiger partial charge on any atom is 0.189 e. The van der Waals surface area contributed by atoms with Gasteiger partial charge >= 0.3 is 0 Å². The highest BCUT2D eigenvalue weighted by Crippen LogP contribution is 2.30. The van der Waals surface area contributed by atoms with Gasteiger partial charge in [-0.2, -0.15) is 0 Å². The molecule has 1 aliphatic carbocycles. The summed E-state index contributed by atoms with van der Waals surface area (Å²) in [6.07, 6.45) is 2.55. The number of hydrogen-bond acceptors (Lipinski definition) is 4. The van der Waals surface area contributed by atoms with E-state index in [1.165, 1.54) is 12.8 Å². The summed E-state index contributed by atoms with van der Waals surface area (Å²) in [5.74, 6) is 1.94. The smallest absolute Gasteiger partial charge is 0.189 e. The largest absolute Gasteiger partial charge is 0.370 e. The Morgan fingerprint density at radius 1 is 1.59 bits per heavy atom. The average Bonchev–Trinajstić information content (AvgIpc) is 2.93. The third-order valence-corrected chi connectivity index (χ3v) is 2.56. The first-order chi connectivity index (χ1) is 8.15. The number of aliphatic imine (C=N–C) groups is 1. The molecule has 7 heteroatoms. The van der Waals surface area contributed by atoms with Crippen LogP contribution in [0.25, 0.3) is 0 Å². The van der Waals surface area contributed by atoms with Crippen molar-refractivity contribution < 1.29 is 0 Å². The van der Waals surface area contributed by atoms with Gasteiger partial charge in [0.25, 0.3) is 0 Å². The second kappa shape index (κ2) is 5.11. The molecule has 0 atom stereocenters. The number of rotatable bonds is 5. The molecule has 1 fully saturated rings. The molecule has 0 saturated heterocycles. The summed E-state index contributed by atoms with van der Waals surface area (Å²) in [6.45, 7) is 5.35. The van der Waals surface area contributed by atoms with Gasteiger partial charge in [0.15, 0.2) is 11.8 Å². The Kier molecular flexibility index (Phi) is 3.55. The van der Waals surface area contributed by atoms with Gasteiger partial charge in [-0.1, -0.05) is 0 Å². The van der Waals surface area contributed by atoms with Gasteiger partial charge in [0.05, 0.1) is 0 Å². The number of hydrogen-bond donors (Lipinski definition) is 2. The Morgan fingerprint density at radius 3 is 3.00 bits per heavy atom. The minimum absolute atomic E-state index is 0.279. The van der Waals surface area contributed by atoms with Crippen molar-refractivity contribution in [3.63, 3.8) is 0 Å². The minimum atomic E-state index is 0.279. The molecule has 1 saturated carbocycles. The SMILES string of the molecule is CC(C)NC(N)=NCc1nnnn1CC1CC1. The van der Waals surface area contributed by atoms with E-state index >= 15 is 0 Å². The van der Waals surface area contributed by atoms with Crippen LogP contribution in [-0.4, -0.2) is 32.2 Å². The molecule has 0 radical (unpaired) electrons. The van der Waals surface area contributed by atoms with E-state index in [4.69, 9.17) is 5.73 Å². The number of nitrogens with zero attached hydrogens (tertiary/aromatic N) is 5. The average molecular weight is 237 g/mol. The van der Waals surface area contributed by atoms with Gasteiger partial charge in [-0.3, -0.25) is 0 Å². The standard InChI is InChI=1S/C10H19N7/c1-7(2)13-10(11)12-5-9-14-15-16-17(9)6-8-3-4-8/h7-8H,3-6H2,1-2H3,(H3,11,12,13). The van der Waals surface area contributed by atoms with Crippen LogP contribution < -0.4 is 11.1 Å². The Morgan fingerprint density at radius 2 is 2.35 bits per heavy atom. The molecule has 1 aromatic rings. The predicted molar refractivity (Wildman–Crippen MR) is 64.1 cm³/mol. The van der Waals surface area contributed by atoms with Crippen molar-refractivity contribution in [1.29, 1.82) is 0 Å². The lowest BCUT2D eigenvalue weighted by molar-refractivity contribution is 0.524. The van der Waals surface area contributed by atoms with Gasteiger partial charge in [-0.05, 0) is 43.0 Å². The monoisotopic (exact) mass is 237 g/mol. The Balaban J connectivity index is 1.91. The van der Waals surface area contributed by atoms with Crippen molar-refractivity contribution >= 4 is 5.96 Å². The highest BCUT2D eigenvalue weighted by atomic mass is 15.5. The summed E-state index contributed by atoms with van der Waals surface area (Å²) in [5, 5.41) is 14.6. The zero-order chi connectivity index (χ0) is 12.3. The summed E-state index contributed by atoms with van der Waals surface area (Å²) in [5.41, 5.74) is 5.72. The van der Waals surface area contributed by atoms with Crippen LogP contribution in [-0.2, 0) is 13.1 Å². The molecule has 1 heterocycles. The molecule has 3 N–H and O–H groups in total. The van der Waals surface area contributed by atoms with Gasteiger partial charge in [0, 0.05) is 12.6 Å². The van der Waals surface area contributed by atoms with E-state index in [9.17, 15) is 0 Å². The Labute approximate surface area is 100 Å². The number of nitrogens with one attached hydrogen (secondary N) is 1. The molecule has 0 unspecified atom stereocenters. The maximum absolute atomic E-state index is 5.72. The first-order valence-electron chi connectivity index (χ1n) is 5.96. The summed E-state index contributed by atoms with van der Waals surface area (Å²) in [4.78, 5) is 4.22. The second-order valence-corrected chi connectivity index (χ2v) is 4.72. The van der Waals surface area contributed by atoms with Crippen LogP contribution in [0.2, 0.25) is 0 Å². The van der Waals surface area contributed by atoms with E-state index in [1.807, 2.05) is 18.5 Å². The third-order valence-electron chi connectivity index (χ3n) is 2.56. The first kappa shape index (κ1) is 11.8. The van der Waals surface area contributed by atoms with Gasteiger partial charge < -0.3 is 11.1 Å². The van der Waals surface area contributed by atoms with E-state index in [1.54, 1.807) is 0 Å². The summed E-state index contributed by atoms with van der Waals surface area (Å²) >= 11 is 0. The fraction of sp³-hybridized carbons (Fsp3) is 0.800. The second-order valence-electron chi connectivity index (χ2n) is 4.72. The van der Waals surface area contributed by atoms with Gasteiger partial charge in [0.1, 0.15) is 6.54 Å². The third kappa shape index (κ3) is 3.69. The van der Waals surface area contributed by atoms with E-state index in [2.05, 4.69) is 25.8 Å². The molecule has 17 heavy (non-hydrogen) atoms. The molecule has 7 nitrogen and oxygen atoms in total. The molecule has 0 amide bonds. The summed E-state index contributed by atoms with van der Waals surface area (Å²) < 4.78 is 1.82. The van der Waals surface area contributed by atoms with Gasteiger partial charge in [-0.25, -0.2) is 9.67 Å². The van der Waals surface area contributed by atoms with E-state index in [0.29, 0.717) is 12.5 Å². The van der Waals surface area contributed by atoms with Crippen molar-refractivity contribution in [1.82, 2.24) is 25.5 Å². The topological polar surface area (TPSA) is 94.0 Å². The Bertz CT molecular complexity index is 391. The highest BCUT2D eigenvalue weighted by Gasteiger charge is 2.23. The molecule has 0 aliphatic heterocycles. The molecule has 0 aromatic carbocycles. The Hall–Kier alpha value is -1.66. The van der Waals surface area contributed by atoms with Crippen LogP contribution in [0.1, 0.15) is 32.5 Å². The fourth-order valence-corrected chi connectivity index (χ4v) is 1.52. The van der Waals surface area contributed by atoms with Crippen LogP contribution in [0.3, 0.4) is 0 Å². The minimum Gasteiger partial charge on any atom is -0.370 e. The number of guanidine groups is 1. The quantitative estimate of drug-likeness (QED) is 0.550. The summed E-state index contributed by atoms with van der Waals surface area (Å²) in [6, 6.07) is 0.279. The van der Waals surface area contributed by atoms with Crippen molar-refractivity contribution in [2.24, 2.45) is 16.6 Å². The van der Waals surface area contributed by atoms with Crippen molar-refractivity contribution in [3.8, 4) is 0 Å². The fourth-order valence-electron chi connectivity index (χ4n) is 1.52. The molecule has 1 aromatic heterocycles. The zero-order valence-electron chi connectivity index (χ0n) is 10.3. The normalized spacial score (nSPS) is 16.5. The lowest BCUT2D eigenvalue weighted by atomic mass is 10.4. The van der Waals surface area contributed by atoms with Crippen LogP contribution >= 0.6 is 0 Å². The van der Waals surface area contributed by atoms with E-state index in [-0.39, 0.29) is 6.04 Å². The van der Waals surface area contributed by atoms with Crippen LogP contribution in [0, 0.1) is 5.92 Å². The molecular weight excluding hydrogens is 218 g/mol. The molecule has 0 bridgehead atoms. The van der Waals surface area contributed by atoms with Crippen LogP contribution in [0.5, 0.6) is 0 Å². The first-order valence-corrected chi connectivity index (χ1v) is 5.96. The molecule has 2 rings (SSSR count). The van der Waals surface area contributed by atoms with Crippen molar-refractivity contribution in [2.45, 2.75) is 45.8 Å². The van der Waals surface area contributed by atoms with Gasteiger partial charge in [-0.15, -0.1) is 5.10 Å². The van der Waals surface area contributed by atoms with Crippen molar-refractivity contribution in [3.05, 3.63) is 5.82 Å². The number of nitrogens with two attached hydrogens (primary N) is 1. The molecular formula is C10H19N7. The van der Waals surface area contributed by atoms with Crippen molar-refractivity contribution in [2.75, 3.05) is 0 Å². The number of aromatic nitrogens is 4. The highest BCUT2D eigenvalue weighted by molar-refractivity contribution is 5.77. The predicted octanol–water partition coefficient (Wildman–Crippen LogP) is -0.104. The molecule has 0 spiro atoms. The lowest BCUT2D eigenvalue weighted by Gasteiger charge is -2.08. The van der Waals surface area contributed by atoms with Gasteiger partial charge in [0.2, 0.25) is 0 Å². The van der Waals surface area contributed by atoms with E-state index in [0.717, 1.165) is 18.3 Å². The molecule has 94 valence electrons. The zero-order valence-corrected chi connectivity index (χ0v) is 10.3. The van der Waals surface area contributed by atoms with Crippen LogP contribution in [0.15, 0.2) is 4.99 Å². The lowest BCUT2D eigenvalue weighted by Crippen LogP contribution is -2.36. The maximum atomic E-state index is 5.72. The van der Waals surface area contributed by atoms with Crippen LogP contribution in [0.4, 0.5) is 0 Å². The summed E-state index contributed by atoms with van der Waals surface area (Å²) in [7, 11) is 0. The molecule has 1 aliphatic rings.